The lowest BCUT2D eigenvalue weighted by Crippen LogP contribution is -2.34. The van der Waals surface area contributed by atoms with E-state index in [0.29, 0.717) is 22.7 Å². The average Bonchev–Trinajstić information content (AvgIpc) is 3.05. The first-order valence-corrected chi connectivity index (χ1v) is 7.72. The van der Waals surface area contributed by atoms with Crippen LogP contribution in [0.25, 0.3) is 11.1 Å². The zero-order valence-electron chi connectivity index (χ0n) is 13.4. The van der Waals surface area contributed by atoms with Crippen LogP contribution in [0.4, 0.5) is 4.39 Å². The number of nitrogens with zero attached hydrogens (tertiary/aromatic N) is 3. The van der Waals surface area contributed by atoms with E-state index in [9.17, 15) is 9.18 Å². The Hall–Kier alpha value is -2.27. The molecule has 0 radical (unpaired) electrons. The summed E-state index contributed by atoms with van der Waals surface area (Å²) in [5, 5.41) is 0. The molecule has 1 unspecified atom stereocenters. The lowest BCUT2D eigenvalue weighted by atomic mass is 10.0. The standard InChI is InChI=1S/C18H20FN3O/c1-21(2)15-7-9-22(12-15)18(23)14-5-3-4-13(10-14)16-6-8-20-11-17(16)19/h3-6,8,10-11,15H,7,9,12H2,1-2H3. The van der Waals surface area contributed by atoms with E-state index in [-0.39, 0.29) is 11.7 Å². The first-order chi connectivity index (χ1) is 11.1. The molecule has 2 heterocycles. The number of pyridine rings is 1. The van der Waals surface area contributed by atoms with Gasteiger partial charge < -0.3 is 9.80 Å². The molecule has 1 aromatic carbocycles. The molecule has 0 saturated carbocycles. The normalized spacial score (nSPS) is 17.7. The molecule has 3 rings (SSSR count). The SMILES string of the molecule is CN(C)C1CCN(C(=O)c2cccc(-c3ccncc3F)c2)C1. The van der Waals surface area contributed by atoms with Crippen molar-refractivity contribution in [2.24, 2.45) is 0 Å². The van der Waals surface area contributed by atoms with E-state index in [1.807, 2.05) is 25.1 Å². The van der Waals surface area contributed by atoms with Gasteiger partial charge in [-0.2, -0.15) is 0 Å². The van der Waals surface area contributed by atoms with Gasteiger partial charge in [0.1, 0.15) is 5.82 Å². The van der Waals surface area contributed by atoms with E-state index in [1.54, 1.807) is 30.5 Å². The van der Waals surface area contributed by atoms with Gasteiger partial charge in [-0.1, -0.05) is 12.1 Å². The third-order valence-electron chi connectivity index (χ3n) is 4.37. The van der Waals surface area contributed by atoms with Gasteiger partial charge in [0.25, 0.3) is 5.91 Å². The van der Waals surface area contributed by atoms with Crippen molar-refractivity contribution in [2.45, 2.75) is 12.5 Å². The summed E-state index contributed by atoms with van der Waals surface area (Å²) in [4.78, 5) is 20.5. The van der Waals surface area contributed by atoms with Crippen LogP contribution in [0.3, 0.4) is 0 Å². The van der Waals surface area contributed by atoms with Crippen LogP contribution >= 0.6 is 0 Å². The van der Waals surface area contributed by atoms with Crippen LogP contribution < -0.4 is 0 Å². The molecule has 1 aliphatic heterocycles. The van der Waals surface area contributed by atoms with Crippen molar-refractivity contribution in [2.75, 3.05) is 27.2 Å². The Labute approximate surface area is 135 Å². The maximum Gasteiger partial charge on any atom is 0.253 e. The molecule has 1 fully saturated rings. The van der Waals surface area contributed by atoms with Crippen LogP contribution in [-0.2, 0) is 0 Å². The zero-order valence-corrected chi connectivity index (χ0v) is 13.4. The Morgan fingerprint density at radius 1 is 1.35 bits per heavy atom. The van der Waals surface area contributed by atoms with Crippen molar-refractivity contribution >= 4 is 5.91 Å². The summed E-state index contributed by atoms with van der Waals surface area (Å²) in [5.74, 6) is -0.378. The van der Waals surface area contributed by atoms with Crippen LogP contribution in [0.15, 0.2) is 42.7 Å². The third-order valence-corrected chi connectivity index (χ3v) is 4.37. The van der Waals surface area contributed by atoms with Crippen molar-refractivity contribution in [3.05, 3.63) is 54.1 Å². The van der Waals surface area contributed by atoms with E-state index >= 15 is 0 Å². The lowest BCUT2D eigenvalue weighted by Gasteiger charge is -2.20. The largest absolute Gasteiger partial charge is 0.337 e. The summed E-state index contributed by atoms with van der Waals surface area (Å²) in [6.45, 7) is 1.50. The molecule has 1 amide bonds. The molecule has 0 N–H and O–H groups in total. The number of likely N-dealkylation sites (N-methyl/N-ethyl adjacent to an activating group) is 1. The number of carbonyl (C=O) groups excluding carboxylic acids is 1. The predicted molar refractivity (Wildman–Crippen MR) is 87.6 cm³/mol. The van der Waals surface area contributed by atoms with Crippen LogP contribution in [0.1, 0.15) is 16.8 Å². The highest BCUT2D eigenvalue weighted by molar-refractivity contribution is 5.95. The molecule has 0 spiro atoms. The molecule has 1 atom stereocenters. The summed E-state index contributed by atoms with van der Waals surface area (Å²) in [5.41, 5.74) is 1.75. The first-order valence-electron chi connectivity index (χ1n) is 7.72. The number of amides is 1. The predicted octanol–water partition coefficient (Wildman–Crippen LogP) is 2.66. The van der Waals surface area contributed by atoms with Gasteiger partial charge >= 0.3 is 0 Å². The van der Waals surface area contributed by atoms with E-state index < -0.39 is 0 Å². The fraction of sp³-hybridized carbons (Fsp3) is 0.333. The summed E-state index contributed by atoms with van der Waals surface area (Å²) < 4.78 is 13.9. The first kappa shape index (κ1) is 15.6. The van der Waals surface area contributed by atoms with Gasteiger partial charge in [0.05, 0.1) is 6.20 Å². The Morgan fingerprint density at radius 3 is 2.87 bits per heavy atom. The van der Waals surface area contributed by atoms with E-state index in [4.69, 9.17) is 0 Å². The number of carbonyl (C=O) groups is 1. The van der Waals surface area contributed by atoms with Crippen LogP contribution in [0.2, 0.25) is 0 Å². The van der Waals surface area contributed by atoms with Gasteiger partial charge in [-0.05, 0) is 44.3 Å². The minimum absolute atomic E-state index is 0.00524. The lowest BCUT2D eigenvalue weighted by molar-refractivity contribution is 0.0783. The van der Waals surface area contributed by atoms with Crippen LogP contribution in [-0.4, -0.2) is 53.9 Å². The third kappa shape index (κ3) is 3.24. The molecule has 120 valence electrons. The number of benzene rings is 1. The summed E-state index contributed by atoms with van der Waals surface area (Å²) in [6.07, 6.45) is 3.72. The van der Waals surface area contributed by atoms with Crippen molar-refractivity contribution in [1.82, 2.24) is 14.8 Å². The minimum Gasteiger partial charge on any atom is -0.337 e. The van der Waals surface area contributed by atoms with Crippen LogP contribution in [0, 0.1) is 5.82 Å². The number of aromatic nitrogens is 1. The second kappa shape index (κ2) is 6.46. The average molecular weight is 313 g/mol. The van der Waals surface area contributed by atoms with Crippen molar-refractivity contribution < 1.29 is 9.18 Å². The quantitative estimate of drug-likeness (QED) is 0.874. The highest BCUT2D eigenvalue weighted by atomic mass is 19.1. The molecule has 0 aliphatic carbocycles. The molecular weight excluding hydrogens is 293 g/mol. The van der Waals surface area contributed by atoms with Gasteiger partial charge in [-0.3, -0.25) is 9.78 Å². The molecule has 2 aromatic rings. The topological polar surface area (TPSA) is 36.4 Å². The van der Waals surface area contributed by atoms with E-state index in [0.717, 1.165) is 19.5 Å². The molecular formula is C18H20FN3O. The van der Waals surface area contributed by atoms with Crippen LogP contribution in [0.5, 0.6) is 0 Å². The van der Waals surface area contributed by atoms with Crippen molar-refractivity contribution in [3.8, 4) is 11.1 Å². The zero-order chi connectivity index (χ0) is 16.4. The fourth-order valence-electron chi connectivity index (χ4n) is 2.96. The smallest absolute Gasteiger partial charge is 0.253 e. The Morgan fingerprint density at radius 2 is 2.17 bits per heavy atom. The second-order valence-electron chi connectivity index (χ2n) is 6.09. The Kier molecular flexibility index (Phi) is 4.39. The van der Waals surface area contributed by atoms with E-state index in [1.165, 1.54) is 6.20 Å². The van der Waals surface area contributed by atoms with Gasteiger partial charge in [0.2, 0.25) is 0 Å². The van der Waals surface area contributed by atoms with Gasteiger partial charge in [0.15, 0.2) is 0 Å². The Balaban J connectivity index is 1.83. The molecule has 0 bridgehead atoms. The highest BCUT2D eigenvalue weighted by Gasteiger charge is 2.28. The monoisotopic (exact) mass is 313 g/mol. The number of hydrogen-bond donors (Lipinski definition) is 0. The molecule has 1 aliphatic rings. The second-order valence-corrected chi connectivity index (χ2v) is 6.09. The summed E-state index contributed by atoms with van der Waals surface area (Å²) in [6, 6.07) is 9.16. The summed E-state index contributed by atoms with van der Waals surface area (Å²) >= 11 is 0. The highest BCUT2D eigenvalue weighted by Crippen LogP contribution is 2.24. The molecule has 5 heteroatoms. The maximum atomic E-state index is 13.9. The molecule has 4 nitrogen and oxygen atoms in total. The Bertz CT molecular complexity index is 717. The van der Waals surface area contributed by atoms with Gasteiger partial charge in [-0.15, -0.1) is 0 Å². The molecule has 23 heavy (non-hydrogen) atoms. The molecule has 1 aromatic heterocycles. The number of rotatable bonds is 3. The number of halogens is 1. The number of hydrogen-bond acceptors (Lipinski definition) is 3. The van der Waals surface area contributed by atoms with Crippen molar-refractivity contribution in [1.29, 1.82) is 0 Å². The molecule has 1 saturated heterocycles. The van der Waals surface area contributed by atoms with Gasteiger partial charge in [0, 0.05) is 36.5 Å². The summed E-state index contributed by atoms with van der Waals surface area (Å²) in [7, 11) is 4.07. The fourth-order valence-corrected chi connectivity index (χ4v) is 2.96. The van der Waals surface area contributed by atoms with E-state index in [2.05, 4.69) is 9.88 Å². The minimum atomic E-state index is -0.383. The maximum absolute atomic E-state index is 13.9. The van der Waals surface area contributed by atoms with Crippen molar-refractivity contribution in [3.63, 3.8) is 0 Å². The van der Waals surface area contributed by atoms with Gasteiger partial charge in [-0.25, -0.2) is 4.39 Å². The number of likely N-dealkylation sites (tertiary alicyclic amines) is 1.